The highest BCUT2D eigenvalue weighted by molar-refractivity contribution is 6.08. The van der Waals surface area contributed by atoms with Crippen LogP contribution in [0.2, 0.25) is 0 Å². The summed E-state index contributed by atoms with van der Waals surface area (Å²) in [6, 6.07) is 6.59. The Hall–Kier alpha value is -1.84. The van der Waals surface area contributed by atoms with Gasteiger partial charge in [-0.05, 0) is 44.0 Å². The van der Waals surface area contributed by atoms with Crippen molar-refractivity contribution in [2.75, 3.05) is 0 Å². The lowest BCUT2D eigenvalue weighted by atomic mass is 9.88. The first-order valence-corrected chi connectivity index (χ1v) is 6.36. The zero-order valence-corrected chi connectivity index (χ0v) is 11.7. The van der Waals surface area contributed by atoms with Gasteiger partial charge in [0.25, 0.3) is 0 Å². The van der Waals surface area contributed by atoms with Crippen LogP contribution in [0, 0.1) is 11.8 Å². The SMILES string of the molecule is CC(C)Oc1ccc(C(=O)C(C(=O)O)C(C)C)cc1. The number of carboxylic acid groups (broad SMARTS) is 1. The second-order valence-corrected chi connectivity index (χ2v) is 5.12. The molecule has 0 aromatic heterocycles. The molecule has 1 rings (SSSR count). The van der Waals surface area contributed by atoms with E-state index in [0.29, 0.717) is 11.3 Å². The summed E-state index contributed by atoms with van der Waals surface area (Å²) in [7, 11) is 0. The summed E-state index contributed by atoms with van der Waals surface area (Å²) < 4.78 is 5.48. The van der Waals surface area contributed by atoms with Crippen LogP contribution >= 0.6 is 0 Å². The smallest absolute Gasteiger partial charge is 0.314 e. The van der Waals surface area contributed by atoms with E-state index < -0.39 is 11.9 Å². The third kappa shape index (κ3) is 4.09. The average Bonchev–Trinajstić information content (AvgIpc) is 2.27. The van der Waals surface area contributed by atoms with Crippen LogP contribution in [0.1, 0.15) is 38.1 Å². The minimum atomic E-state index is -1.08. The van der Waals surface area contributed by atoms with Crippen LogP contribution in [-0.2, 0) is 4.79 Å². The van der Waals surface area contributed by atoms with Crippen molar-refractivity contribution in [2.24, 2.45) is 11.8 Å². The molecule has 1 atom stereocenters. The van der Waals surface area contributed by atoms with Crippen molar-refractivity contribution in [2.45, 2.75) is 33.8 Å². The normalized spacial score (nSPS) is 12.5. The van der Waals surface area contributed by atoms with Crippen LogP contribution < -0.4 is 4.74 Å². The van der Waals surface area contributed by atoms with Crippen molar-refractivity contribution in [1.82, 2.24) is 0 Å². The van der Waals surface area contributed by atoms with Crippen LogP contribution in [0.25, 0.3) is 0 Å². The van der Waals surface area contributed by atoms with Gasteiger partial charge < -0.3 is 9.84 Å². The van der Waals surface area contributed by atoms with Crippen LogP contribution in [0.15, 0.2) is 24.3 Å². The maximum absolute atomic E-state index is 12.1. The molecule has 0 aliphatic carbocycles. The number of hydrogen-bond donors (Lipinski definition) is 1. The molecule has 0 radical (unpaired) electrons. The van der Waals surface area contributed by atoms with E-state index in [0.717, 1.165) is 0 Å². The number of hydrogen-bond acceptors (Lipinski definition) is 3. The third-order valence-electron chi connectivity index (χ3n) is 2.73. The van der Waals surface area contributed by atoms with E-state index in [1.807, 2.05) is 13.8 Å². The first-order valence-electron chi connectivity index (χ1n) is 6.36. The van der Waals surface area contributed by atoms with Gasteiger partial charge in [-0.1, -0.05) is 13.8 Å². The van der Waals surface area contributed by atoms with Crippen molar-refractivity contribution < 1.29 is 19.4 Å². The van der Waals surface area contributed by atoms with Gasteiger partial charge in [-0.2, -0.15) is 0 Å². The van der Waals surface area contributed by atoms with Gasteiger partial charge in [0.05, 0.1) is 6.10 Å². The predicted molar refractivity (Wildman–Crippen MR) is 72.5 cm³/mol. The molecule has 104 valence electrons. The van der Waals surface area contributed by atoms with Gasteiger partial charge in [0.15, 0.2) is 5.78 Å². The molecule has 0 saturated carbocycles. The highest BCUT2D eigenvalue weighted by Gasteiger charge is 2.30. The number of carboxylic acids is 1. The second-order valence-electron chi connectivity index (χ2n) is 5.12. The zero-order chi connectivity index (χ0) is 14.6. The minimum Gasteiger partial charge on any atom is -0.491 e. The molecule has 0 spiro atoms. The lowest BCUT2D eigenvalue weighted by Gasteiger charge is -2.15. The molecule has 1 unspecified atom stereocenters. The maximum Gasteiger partial charge on any atom is 0.314 e. The van der Waals surface area contributed by atoms with E-state index in [1.54, 1.807) is 38.1 Å². The molecule has 19 heavy (non-hydrogen) atoms. The Labute approximate surface area is 113 Å². The number of ketones is 1. The monoisotopic (exact) mass is 264 g/mol. The van der Waals surface area contributed by atoms with Gasteiger partial charge in [-0.25, -0.2) is 0 Å². The predicted octanol–water partition coefficient (Wildman–Crippen LogP) is 3.01. The van der Waals surface area contributed by atoms with Crippen LogP contribution in [-0.4, -0.2) is 23.0 Å². The van der Waals surface area contributed by atoms with E-state index in [4.69, 9.17) is 9.84 Å². The Morgan fingerprint density at radius 3 is 1.95 bits per heavy atom. The molecular formula is C15H20O4. The summed E-state index contributed by atoms with van der Waals surface area (Å²) >= 11 is 0. The number of Topliss-reactive ketones (excluding diaryl/α,β-unsaturated/α-hetero) is 1. The fraction of sp³-hybridized carbons (Fsp3) is 0.467. The van der Waals surface area contributed by atoms with Crippen LogP contribution in [0.3, 0.4) is 0 Å². The third-order valence-corrected chi connectivity index (χ3v) is 2.73. The Morgan fingerprint density at radius 2 is 1.58 bits per heavy atom. The Bertz CT molecular complexity index is 446. The van der Waals surface area contributed by atoms with Gasteiger partial charge in [-0.15, -0.1) is 0 Å². The fourth-order valence-electron chi connectivity index (χ4n) is 1.85. The largest absolute Gasteiger partial charge is 0.491 e. The Morgan fingerprint density at radius 1 is 1.05 bits per heavy atom. The number of carbonyl (C=O) groups excluding carboxylic acids is 1. The van der Waals surface area contributed by atoms with Crippen molar-refractivity contribution in [3.63, 3.8) is 0 Å². The Balaban J connectivity index is 2.91. The number of benzene rings is 1. The molecule has 0 fully saturated rings. The molecule has 1 N–H and O–H groups in total. The highest BCUT2D eigenvalue weighted by Crippen LogP contribution is 2.20. The standard InChI is InChI=1S/C15H20O4/c1-9(2)13(15(17)18)14(16)11-5-7-12(8-6-11)19-10(3)4/h5-10,13H,1-4H3,(H,17,18). The Kier molecular flexibility index (Phi) is 5.10. The van der Waals surface area contributed by atoms with Crippen molar-refractivity contribution in [3.05, 3.63) is 29.8 Å². The first-order chi connectivity index (χ1) is 8.82. The zero-order valence-electron chi connectivity index (χ0n) is 11.7. The van der Waals surface area contributed by atoms with Crippen molar-refractivity contribution in [3.8, 4) is 5.75 Å². The van der Waals surface area contributed by atoms with Crippen LogP contribution in [0.5, 0.6) is 5.75 Å². The van der Waals surface area contributed by atoms with Crippen molar-refractivity contribution >= 4 is 11.8 Å². The van der Waals surface area contributed by atoms with Crippen molar-refractivity contribution in [1.29, 1.82) is 0 Å². The number of ether oxygens (including phenoxy) is 1. The highest BCUT2D eigenvalue weighted by atomic mass is 16.5. The molecule has 0 saturated heterocycles. The van der Waals surface area contributed by atoms with E-state index in [1.165, 1.54) is 0 Å². The summed E-state index contributed by atoms with van der Waals surface area (Å²) in [6.07, 6.45) is 0.0592. The van der Waals surface area contributed by atoms with E-state index in [2.05, 4.69) is 0 Å². The molecular weight excluding hydrogens is 244 g/mol. The van der Waals surface area contributed by atoms with Crippen LogP contribution in [0.4, 0.5) is 0 Å². The quantitative estimate of drug-likeness (QED) is 0.633. The number of rotatable bonds is 6. The molecule has 1 aromatic rings. The molecule has 4 heteroatoms. The topological polar surface area (TPSA) is 63.6 Å². The van der Waals surface area contributed by atoms with Gasteiger partial charge in [0.2, 0.25) is 0 Å². The minimum absolute atomic E-state index is 0.0592. The van der Waals surface area contributed by atoms with Gasteiger partial charge >= 0.3 is 5.97 Å². The van der Waals surface area contributed by atoms with E-state index in [9.17, 15) is 9.59 Å². The lowest BCUT2D eigenvalue weighted by molar-refractivity contribution is -0.141. The second kappa shape index (κ2) is 6.36. The molecule has 0 heterocycles. The average molecular weight is 264 g/mol. The van der Waals surface area contributed by atoms with E-state index in [-0.39, 0.29) is 17.8 Å². The van der Waals surface area contributed by atoms with Gasteiger partial charge in [-0.3, -0.25) is 9.59 Å². The summed E-state index contributed by atoms with van der Waals surface area (Å²) in [5, 5.41) is 9.10. The fourth-order valence-corrected chi connectivity index (χ4v) is 1.85. The lowest BCUT2D eigenvalue weighted by Crippen LogP contribution is -2.28. The number of aliphatic carboxylic acids is 1. The molecule has 0 aliphatic heterocycles. The maximum atomic E-state index is 12.1. The first kappa shape index (κ1) is 15.2. The van der Waals surface area contributed by atoms with Gasteiger partial charge in [0, 0.05) is 5.56 Å². The van der Waals surface area contributed by atoms with E-state index >= 15 is 0 Å². The molecule has 0 aliphatic rings. The molecule has 4 nitrogen and oxygen atoms in total. The number of carbonyl (C=O) groups is 2. The molecule has 0 bridgehead atoms. The summed E-state index contributed by atoms with van der Waals surface area (Å²) in [5.41, 5.74) is 0.400. The summed E-state index contributed by atoms with van der Waals surface area (Å²) in [6.45, 7) is 7.29. The summed E-state index contributed by atoms with van der Waals surface area (Å²) in [5.74, 6) is -2.02. The summed E-state index contributed by atoms with van der Waals surface area (Å²) in [4.78, 5) is 23.3. The van der Waals surface area contributed by atoms with Gasteiger partial charge in [0.1, 0.15) is 11.7 Å². The molecule has 1 aromatic carbocycles. The molecule has 0 amide bonds.